The van der Waals surface area contributed by atoms with E-state index >= 15 is 0 Å². The molecule has 186 valence electrons. The minimum atomic E-state index is -4.00. The summed E-state index contributed by atoms with van der Waals surface area (Å²) < 4.78 is 39.1. The first-order chi connectivity index (χ1) is 16.4. The van der Waals surface area contributed by atoms with E-state index in [1.807, 2.05) is 0 Å². The molecular formula is C21H21FN4O8S. The second kappa shape index (κ2) is 10.1. The Balaban J connectivity index is 1.97. The van der Waals surface area contributed by atoms with Crippen LogP contribution in [0.2, 0.25) is 0 Å². The summed E-state index contributed by atoms with van der Waals surface area (Å²) in [7, 11) is -4.00. The number of hydrogen-bond acceptors (Lipinski definition) is 7. The summed E-state index contributed by atoms with van der Waals surface area (Å²) in [5.41, 5.74) is -0.352. The predicted molar refractivity (Wildman–Crippen MR) is 119 cm³/mol. The van der Waals surface area contributed by atoms with Gasteiger partial charge in [-0.15, -0.1) is 0 Å². The summed E-state index contributed by atoms with van der Waals surface area (Å²) in [4.78, 5) is 49.1. The van der Waals surface area contributed by atoms with Crippen LogP contribution in [0.1, 0.15) is 28.4 Å². The van der Waals surface area contributed by atoms with Crippen LogP contribution >= 0.6 is 0 Å². The summed E-state index contributed by atoms with van der Waals surface area (Å²) in [6, 6.07) is 8.34. The molecule has 2 N–H and O–H groups in total. The number of carboxylic acids is 1. The smallest absolute Gasteiger partial charge is 0.305 e. The molecule has 2 aromatic carbocycles. The molecule has 0 aromatic heterocycles. The fourth-order valence-electron chi connectivity index (χ4n) is 3.75. The van der Waals surface area contributed by atoms with Crippen LogP contribution in [0, 0.1) is 15.9 Å². The second-order valence-electron chi connectivity index (χ2n) is 7.77. The highest BCUT2D eigenvalue weighted by atomic mass is 32.2. The number of nitrogens with one attached hydrogen (secondary N) is 1. The van der Waals surface area contributed by atoms with Crippen molar-refractivity contribution in [2.45, 2.75) is 18.6 Å². The molecule has 0 radical (unpaired) electrons. The molecule has 1 aliphatic heterocycles. The van der Waals surface area contributed by atoms with Gasteiger partial charge in [-0.3, -0.25) is 24.5 Å². The predicted octanol–water partition coefficient (Wildman–Crippen LogP) is 1.11. The first kappa shape index (κ1) is 25.7. The van der Waals surface area contributed by atoms with Crippen LogP contribution in [0.4, 0.5) is 10.1 Å². The van der Waals surface area contributed by atoms with Crippen LogP contribution in [-0.4, -0.2) is 70.9 Å². The molecule has 2 atom stereocenters. The number of carboxylic acid groups (broad SMARTS) is 1. The number of benzene rings is 2. The van der Waals surface area contributed by atoms with E-state index in [2.05, 4.69) is 5.32 Å². The van der Waals surface area contributed by atoms with Crippen molar-refractivity contribution in [3.63, 3.8) is 0 Å². The third-order valence-electron chi connectivity index (χ3n) is 5.30. The highest BCUT2D eigenvalue weighted by Crippen LogP contribution is 2.25. The summed E-state index contributed by atoms with van der Waals surface area (Å²) >= 11 is 0. The van der Waals surface area contributed by atoms with Gasteiger partial charge in [0.15, 0.2) is 6.17 Å². The minimum Gasteiger partial charge on any atom is -0.481 e. The molecule has 0 spiro atoms. The van der Waals surface area contributed by atoms with E-state index < -0.39 is 57.2 Å². The topological polar surface area (TPSA) is 167 Å². The number of nitro benzene ring substituents is 1. The lowest BCUT2D eigenvalue weighted by atomic mass is 10.0. The average molecular weight is 508 g/mol. The van der Waals surface area contributed by atoms with Crippen molar-refractivity contribution in [3.05, 3.63) is 75.6 Å². The standard InChI is InChI=1S/C21H21FN4O8S/c1-35(33,34)25-9-8-24(21(30)14-5-2-6-15(22)10-14)20(25)19(29)23-17(12-18(27)28)13-4-3-7-16(11-13)26(31)32/h2-7,10-11,17,20H,8-9,12H2,1H3,(H,23,29)(H,27,28). The van der Waals surface area contributed by atoms with Crippen molar-refractivity contribution >= 4 is 33.5 Å². The van der Waals surface area contributed by atoms with E-state index in [0.29, 0.717) is 0 Å². The van der Waals surface area contributed by atoms with Gasteiger partial charge in [0.25, 0.3) is 17.5 Å². The van der Waals surface area contributed by atoms with Crippen molar-refractivity contribution in [2.75, 3.05) is 19.3 Å². The molecule has 0 saturated carbocycles. The molecule has 3 rings (SSSR count). The first-order valence-electron chi connectivity index (χ1n) is 10.2. The number of rotatable bonds is 8. The molecule has 1 saturated heterocycles. The molecule has 14 heteroatoms. The Morgan fingerprint density at radius 2 is 1.89 bits per heavy atom. The molecule has 2 amide bonds. The molecule has 0 aliphatic carbocycles. The maximum Gasteiger partial charge on any atom is 0.305 e. The maximum atomic E-state index is 13.6. The van der Waals surface area contributed by atoms with Crippen LogP contribution in [0.15, 0.2) is 48.5 Å². The van der Waals surface area contributed by atoms with Crippen molar-refractivity contribution in [1.82, 2.24) is 14.5 Å². The van der Waals surface area contributed by atoms with Gasteiger partial charge in [0.1, 0.15) is 5.82 Å². The number of sulfonamides is 1. The van der Waals surface area contributed by atoms with E-state index in [9.17, 15) is 42.4 Å². The Labute approximate surface area is 199 Å². The van der Waals surface area contributed by atoms with Gasteiger partial charge >= 0.3 is 5.97 Å². The van der Waals surface area contributed by atoms with Crippen molar-refractivity contribution in [3.8, 4) is 0 Å². The quantitative estimate of drug-likeness (QED) is 0.395. The lowest BCUT2D eigenvalue weighted by Gasteiger charge is -2.29. The summed E-state index contributed by atoms with van der Waals surface area (Å²) in [6.45, 7) is -0.403. The molecule has 2 aromatic rings. The normalized spacial score (nSPS) is 17.1. The number of carbonyl (C=O) groups is 3. The first-order valence-corrected chi connectivity index (χ1v) is 12.0. The summed E-state index contributed by atoms with van der Waals surface area (Å²) in [6.07, 6.45) is -1.51. The lowest BCUT2D eigenvalue weighted by molar-refractivity contribution is -0.384. The largest absolute Gasteiger partial charge is 0.481 e. The van der Waals surface area contributed by atoms with Crippen LogP contribution in [0.3, 0.4) is 0 Å². The third-order valence-corrected chi connectivity index (χ3v) is 6.54. The Hall–Kier alpha value is -3.91. The Morgan fingerprint density at radius 3 is 2.49 bits per heavy atom. The zero-order valence-electron chi connectivity index (χ0n) is 18.3. The van der Waals surface area contributed by atoms with Crippen LogP contribution in [0.25, 0.3) is 0 Å². The van der Waals surface area contributed by atoms with Crippen LogP contribution < -0.4 is 5.32 Å². The average Bonchev–Trinajstić information content (AvgIpc) is 3.24. The highest BCUT2D eigenvalue weighted by molar-refractivity contribution is 7.88. The van der Waals surface area contributed by atoms with E-state index in [1.165, 1.54) is 30.3 Å². The molecule has 35 heavy (non-hydrogen) atoms. The molecule has 2 unspecified atom stereocenters. The zero-order chi connectivity index (χ0) is 25.9. The molecular weight excluding hydrogens is 487 g/mol. The Bertz CT molecular complexity index is 1290. The molecule has 1 fully saturated rings. The van der Waals surface area contributed by atoms with E-state index in [0.717, 1.165) is 33.7 Å². The van der Waals surface area contributed by atoms with Gasteiger partial charge in [-0.1, -0.05) is 18.2 Å². The number of aliphatic carboxylic acids is 1. The summed E-state index contributed by atoms with van der Waals surface area (Å²) in [5.74, 6) is -3.86. The second-order valence-corrected chi connectivity index (χ2v) is 9.70. The van der Waals surface area contributed by atoms with Crippen molar-refractivity contribution in [2.24, 2.45) is 0 Å². The number of non-ortho nitro benzene ring substituents is 1. The minimum absolute atomic E-state index is 0.0989. The van der Waals surface area contributed by atoms with Gasteiger partial charge in [-0.05, 0) is 23.8 Å². The van der Waals surface area contributed by atoms with E-state index in [4.69, 9.17) is 0 Å². The Morgan fingerprint density at radius 1 is 1.20 bits per heavy atom. The van der Waals surface area contributed by atoms with Crippen LogP contribution in [0.5, 0.6) is 0 Å². The number of amides is 2. The molecule has 0 bridgehead atoms. The third kappa shape index (κ3) is 5.96. The van der Waals surface area contributed by atoms with E-state index in [1.54, 1.807) is 0 Å². The lowest BCUT2D eigenvalue weighted by Crippen LogP contribution is -2.54. The van der Waals surface area contributed by atoms with E-state index in [-0.39, 0.29) is 29.9 Å². The SMILES string of the molecule is CS(=O)(=O)N1CCN(C(=O)c2cccc(F)c2)C1C(=O)NC(CC(=O)O)c1cccc([N+](=O)[O-])c1. The fraction of sp³-hybridized carbons (Fsp3) is 0.286. The van der Waals surface area contributed by atoms with Crippen molar-refractivity contribution < 1.29 is 37.2 Å². The fourth-order valence-corrected chi connectivity index (χ4v) is 4.74. The zero-order valence-corrected chi connectivity index (χ0v) is 19.1. The van der Waals surface area contributed by atoms with Gasteiger partial charge in [-0.25, -0.2) is 12.8 Å². The number of carbonyl (C=O) groups excluding carboxylic acids is 2. The van der Waals surface area contributed by atoms with Gasteiger partial charge < -0.3 is 15.3 Å². The van der Waals surface area contributed by atoms with Gasteiger partial charge in [0.05, 0.1) is 23.6 Å². The molecule has 12 nitrogen and oxygen atoms in total. The number of halogens is 1. The monoisotopic (exact) mass is 508 g/mol. The Kier molecular flexibility index (Phi) is 7.45. The summed E-state index contributed by atoms with van der Waals surface area (Å²) in [5, 5.41) is 22.8. The van der Waals surface area contributed by atoms with Crippen molar-refractivity contribution in [1.29, 1.82) is 0 Å². The number of nitro groups is 1. The number of nitrogens with zero attached hydrogens (tertiary/aromatic N) is 3. The van der Waals surface area contributed by atoms with Gasteiger partial charge in [0.2, 0.25) is 10.0 Å². The van der Waals surface area contributed by atoms with Crippen LogP contribution in [-0.2, 0) is 19.6 Å². The molecule has 1 aliphatic rings. The highest BCUT2D eigenvalue weighted by Gasteiger charge is 2.45. The number of hydrogen-bond donors (Lipinski definition) is 2. The van der Waals surface area contributed by atoms with Gasteiger partial charge in [-0.2, -0.15) is 4.31 Å². The molecule has 1 heterocycles. The van der Waals surface area contributed by atoms with Gasteiger partial charge in [0, 0.05) is 30.8 Å². The maximum absolute atomic E-state index is 13.6.